The number of nitrogens with one attached hydrogen (secondary N) is 2. The summed E-state index contributed by atoms with van der Waals surface area (Å²) >= 11 is 0. The lowest BCUT2D eigenvalue weighted by atomic mass is 10.1. The minimum absolute atomic E-state index is 0.195. The van der Waals surface area contributed by atoms with E-state index in [-0.39, 0.29) is 17.4 Å². The first-order chi connectivity index (χ1) is 10.3. The van der Waals surface area contributed by atoms with Crippen molar-refractivity contribution in [3.63, 3.8) is 0 Å². The van der Waals surface area contributed by atoms with Crippen LogP contribution in [0.5, 0.6) is 0 Å². The largest absolute Gasteiger partial charge is 0.349 e. The van der Waals surface area contributed by atoms with Crippen LogP contribution in [-0.4, -0.2) is 33.4 Å². The van der Waals surface area contributed by atoms with Gasteiger partial charge in [-0.25, -0.2) is 4.98 Å². The highest BCUT2D eigenvalue weighted by atomic mass is 16.2. The fraction of sp³-hybridized carbons (Fsp3) is 0.688. The van der Waals surface area contributed by atoms with Crippen molar-refractivity contribution < 1.29 is 9.59 Å². The zero-order valence-electron chi connectivity index (χ0n) is 14.0. The summed E-state index contributed by atoms with van der Waals surface area (Å²) in [6.07, 6.45) is 3.70. The van der Waals surface area contributed by atoms with E-state index in [2.05, 4.69) is 15.6 Å². The molecule has 0 radical (unpaired) electrons. The maximum absolute atomic E-state index is 12.5. The molecule has 0 fully saturated rings. The number of nitrogens with zero attached hydrogens (tertiary/aromatic N) is 2. The third-order valence-corrected chi connectivity index (χ3v) is 3.56. The van der Waals surface area contributed by atoms with Gasteiger partial charge in [0.15, 0.2) is 5.82 Å². The van der Waals surface area contributed by atoms with E-state index in [1.165, 1.54) is 0 Å². The maximum atomic E-state index is 12.5. The predicted molar refractivity (Wildman–Crippen MR) is 85.0 cm³/mol. The second kappa shape index (κ2) is 6.50. The molecular formula is C16H26N4O2. The average Bonchev–Trinajstić information content (AvgIpc) is 2.82. The third-order valence-electron chi connectivity index (χ3n) is 3.56. The molecule has 2 N–H and O–H groups in total. The number of amides is 2. The molecule has 6 heteroatoms. The van der Waals surface area contributed by atoms with Crippen molar-refractivity contribution in [1.82, 2.24) is 20.2 Å². The molecule has 122 valence electrons. The molecule has 0 unspecified atom stereocenters. The van der Waals surface area contributed by atoms with E-state index < -0.39 is 0 Å². The first kappa shape index (κ1) is 16.5. The monoisotopic (exact) mass is 306 g/mol. The van der Waals surface area contributed by atoms with Gasteiger partial charge in [0.1, 0.15) is 5.69 Å². The molecule has 0 spiro atoms. The lowest BCUT2D eigenvalue weighted by Crippen LogP contribution is -2.41. The Bertz CT molecular complexity index is 569. The summed E-state index contributed by atoms with van der Waals surface area (Å²) in [5, 5.41) is 5.78. The normalized spacial score (nSPS) is 14.4. The summed E-state index contributed by atoms with van der Waals surface area (Å²) in [5.41, 5.74) is 0.957. The van der Waals surface area contributed by atoms with Crippen LogP contribution in [0, 0.1) is 0 Å². The molecular weight excluding hydrogens is 280 g/mol. The van der Waals surface area contributed by atoms with E-state index in [1.807, 2.05) is 32.3 Å². The van der Waals surface area contributed by atoms with Gasteiger partial charge in [0.2, 0.25) is 0 Å². The van der Waals surface area contributed by atoms with Crippen molar-refractivity contribution in [2.75, 3.05) is 6.54 Å². The Morgan fingerprint density at radius 1 is 1.23 bits per heavy atom. The highest BCUT2D eigenvalue weighted by Gasteiger charge is 2.28. The molecule has 0 saturated carbocycles. The summed E-state index contributed by atoms with van der Waals surface area (Å²) in [5.74, 6) is -0.0327. The quantitative estimate of drug-likeness (QED) is 0.892. The van der Waals surface area contributed by atoms with Crippen molar-refractivity contribution in [3.8, 4) is 0 Å². The third kappa shape index (κ3) is 3.67. The second-order valence-corrected chi connectivity index (χ2v) is 6.80. The van der Waals surface area contributed by atoms with Crippen LogP contribution in [-0.2, 0) is 13.0 Å². The molecule has 2 rings (SSSR count). The number of hydrogen-bond donors (Lipinski definition) is 2. The maximum Gasteiger partial charge on any atom is 0.287 e. The number of carbonyl (C=O) groups excluding carboxylic acids is 2. The second-order valence-electron chi connectivity index (χ2n) is 6.80. The van der Waals surface area contributed by atoms with E-state index >= 15 is 0 Å². The van der Waals surface area contributed by atoms with Crippen LogP contribution in [0.2, 0.25) is 0 Å². The molecule has 22 heavy (non-hydrogen) atoms. The van der Waals surface area contributed by atoms with Crippen LogP contribution in [0.25, 0.3) is 0 Å². The number of carbonyl (C=O) groups is 2. The number of fused-ring (bicyclic) bond motifs is 1. The Morgan fingerprint density at radius 3 is 2.59 bits per heavy atom. The number of imidazole rings is 1. The highest BCUT2D eigenvalue weighted by Crippen LogP contribution is 2.21. The molecule has 2 heterocycles. The lowest BCUT2D eigenvalue weighted by Gasteiger charge is -2.21. The number of aromatic nitrogens is 2. The van der Waals surface area contributed by atoms with Crippen molar-refractivity contribution >= 4 is 11.8 Å². The van der Waals surface area contributed by atoms with Crippen LogP contribution in [0.4, 0.5) is 0 Å². The van der Waals surface area contributed by atoms with Crippen LogP contribution in [0.15, 0.2) is 0 Å². The predicted octanol–water partition coefficient (Wildman–Crippen LogP) is 1.89. The summed E-state index contributed by atoms with van der Waals surface area (Å²) < 4.78 is 1.91. The zero-order chi connectivity index (χ0) is 16.3. The van der Waals surface area contributed by atoms with Crippen LogP contribution in [0.3, 0.4) is 0 Å². The molecule has 1 aliphatic rings. The highest BCUT2D eigenvalue weighted by molar-refractivity contribution is 5.97. The molecule has 1 aliphatic heterocycles. The number of rotatable bonds is 4. The van der Waals surface area contributed by atoms with E-state index in [4.69, 9.17) is 0 Å². The fourth-order valence-electron chi connectivity index (χ4n) is 2.62. The smallest absolute Gasteiger partial charge is 0.287 e. The van der Waals surface area contributed by atoms with Crippen molar-refractivity contribution in [1.29, 1.82) is 0 Å². The minimum Gasteiger partial charge on any atom is -0.349 e. The van der Waals surface area contributed by atoms with Gasteiger partial charge >= 0.3 is 0 Å². The van der Waals surface area contributed by atoms with Gasteiger partial charge in [0, 0.05) is 18.6 Å². The molecule has 0 saturated heterocycles. The average molecular weight is 306 g/mol. The summed E-state index contributed by atoms with van der Waals surface area (Å²) in [6.45, 7) is 9.17. The van der Waals surface area contributed by atoms with Gasteiger partial charge in [0.05, 0.1) is 5.69 Å². The first-order valence-corrected chi connectivity index (χ1v) is 8.03. The van der Waals surface area contributed by atoms with E-state index in [0.29, 0.717) is 18.1 Å². The van der Waals surface area contributed by atoms with Crippen molar-refractivity contribution in [3.05, 3.63) is 17.2 Å². The Labute approximate surface area is 131 Å². The number of hydrogen-bond acceptors (Lipinski definition) is 3. The molecule has 0 bridgehead atoms. The Morgan fingerprint density at radius 2 is 1.95 bits per heavy atom. The van der Waals surface area contributed by atoms with Gasteiger partial charge < -0.3 is 15.2 Å². The van der Waals surface area contributed by atoms with Gasteiger partial charge in [-0.3, -0.25) is 9.59 Å². The van der Waals surface area contributed by atoms with Gasteiger partial charge in [-0.2, -0.15) is 0 Å². The molecule has 0 aliphatic carbocycles. The van der Waals surface area contributed by atoms with Crippen molar-refractivity contribution in [2.24, 2.45) is 0 Å². The minimum atomic E-state index is -0.327. The molecule has 1 aromatic rings. The first-order valence-electron chi connectivity index (χ1n) is 8.03. The fourth-order valence-corrected chi connectivity index (χ4v) is 2.62. The zero-order valence-corrected chi connectivity index (χ0v) is 14.0. The van der Waals surface area contributed by atoms with E-state index in [1.54, 1.807) is 0 Å². The van der Waals surface area contributed by atoms with Gasteiger partial charge in [0.25, 0.3) is 11.8 Å². The van der Waals surface area contributed by atoms with Gasteiger partial charge in [-0.15, -0.1) is 0 Å². The summed E-state index contributed by atoms with van der Waals surface area (Å²) in [7, 11) is 0. The Hall–Kier alpha value is -1.85. The topological polar surface area (TPSA) is 76.0 Å². The van der Waals surface area contributed by atoms with Crippen LogP contribution < -0.4 is 10.6 Å². The standard InChI is InChI=1S/C16H26N4O2/c1-5-9-17-15(22)13-18-12(14(21)19-16(2,3)4)11-8-6-7-10-20(11)13/h5-10H2,1-4H3,(H,17,22)(H,19,21). The lowest BCUT2D eigenvalue weighted by molar-refractivity contribution is 0.0913. The van der Waals surface area contributed by atoms with Gasteiger partial charge in [-0.05, 0) is 46.5 Å². The molecule has 2 amide bonds. The van der Waals surface area contributed by atoms with Crippen LogP contribution in [0.1, 0.15) is 73.8 Å². The summed E-state index contributed by atoms with van der Waals surface area (Å²) in [6, 6.07) is 0. The molecule has 1 aromatic heterocycles. The van der Waals surface area contributed by atoms with Crippen LogP contribution >= 0.6 is 0 Å². The molecule has 6 nitrogen and oxygen atoms in total. The SMILES string of the molecule is CCCNC(=O)c1nc(C(=O)NC(C)(C)C)c2n1CCCC2. The van der Waals surface area contributed by atoms with E-state index in [9.17, 15) is 9.59 Å². The molecule has 0 atom stereocenters. The van der Waals surface area contributed by atoms with Crippen molar-refractivity contribution in [2.45, 2.75) is 65.5 Å². The van der Waals surface area contributed by atoms with Gasteiger partial charge in [-0.1, -0.05) is 6.92 Å². The van der Waals surface area contributed by atoms with E-state index in [0.717, 1.165) is 37.9 Å². The molecule has 0 aromatic carbocycles. The Kier molecular flexibility index (Phi) is 4.88. The Balaban J connectivity index is 2.33. The summed E-state index contributed by atoms with van der Waals surface area (Å²) in [4.78, 5) is 29.1.